The third-order valence-corrected chi connectivity index (χ3v) is 3.66. The number of benzene rings is 1. The van der Waals surface area contributed by atoms with Crippen LogP contribution in [0.5, 0.6) is 0 Å². The van der Waals surface area contributed by atoms with Crippen LogP contribution in [0.2, 0.25) is 0 Å². The van der Waals surface area contributed by atoms with Gasteiger partial charge in [-0.1, -0.05) is 12.1 Å². The summed E-state index contributed by atoms with van der Waals surface area (Å²) in [6, 6.07) is 7.48. The molecule has 0 spiro atoms. The summed E-state index contributed by atoms with van der Waals surface area (Å²) in [6.45, 7) is -0.770. The first-order chi connectivity index (χ1) is 11.3. The second kappa shape index (κ2) is 7.14. The van der Waals surface area contributed by atoms with Gasteiger partial charge in [0.05, 0.1) is 16.7 Å². The summed E-state index contributed by atoms with van der Waals surface area (Å²) in [6.07, 6.45) is -4.71. The molecule has 0 aliphatic heterocycles. The highest BCUT2D eigenvalue weighted by Crippen LogP contribution is 2.32. The zero-order valence-corrected chi connectivity index (χ0v) is 12.7. The molecule has 9 heteroatoms. The summed E-state index contributed by atoms with van der Waals surface area (Å²) in [5, 5.41) is 13.0. The van der Waals surface area contributed by atoms with Crippen LogP contribution in [0.3, 0.4) is 0 Å². The number of nitrogens with zero attached hydrogens (tertiary/aromatic N) is 1. The highest BCUT2D eigenvalue weighted by molar-refractivity contribution is 7.14. The zero-order valence-electron chi connectivity index (χ0n) is 11.9. The molecule has 0 unspecified atom stereocenters. The predicted octanol–water partition coefficient (Wildman–Crippen LogP) is 3.43. The zero-order chi connectivity index (χ0) is 17.7. The molecule has 2 aromatic rings. The van der Waals surface area contributed by atoms with Crippen molar-refractivity contribution in [3.8, 4) is 6.07 Å². The minimum atomic E-state index is -4.71. The lowest BCUT2D eigenvalue weighted by atomic mass is 10.1. The van der Waals surface area contributed by atoms with Crippen molar-refractivity contribution in [1.29, 1.82) is 5.26 Å². The lowest BCUT2D eigenvalue weighted by molar-refractivity contribution is -0.138. The molecule has 1 aromatic carbocycles. The Hall–Kier alpha value is -2.86. The van der Waals surface area contributed by atoms with Crippen LogP contribution < -0.4 is 5.32 Å². The fourth-order valence-electron chi connectivity index (χ4n) is 1.77. The average molecular weight is 354 g/mol. The van der Waals surface area contributed by atoms with Crippen LogP contribution in [0.25, 0.3) is 0 Å². The number of anilines is 1. The lowest BCUT2D eigenvalue weighted by Gasteiger charge is -2.12. The number of nitrogens with one attached hydrogen (secondary N) is 1. The number of carbonyl (C=O) groups is 2. The van der Waals surface area contributed by atoms with E-state index in [9.17, 15) is 22.8 Å². The highest BCUT2D eigenvalue weighted by atomic mass is 32.1. The number of alkyl halides is 3. The highest BCUT2D eigenvalue weighted by Gasteiger charge is 2.35. The van der Waals surface area contributed by atoms with Crippen molar-refractivity contribution >= 4 is 28.2 Å². The van der Waals surface area contributed by atoms with Gasteiger partial charge in [0.25, 0.3) is 5.91 Å². The van der Waals surface area contributed by atoms with Gasteiger partial charge in [-0.2, -0.15) is 18.4 Å². The van der Waals surface area contributed by atoms with Crippen LogP contribution in [0, 0.1) is 11.3 Å². The molecule has 5 nitrogen and oxygen atoms in total. The van der Waals surface area contributed by atoms with E-state index in [4.69, 9.17) is 5.26 Å². The molecule has 1 N–H and O–H groups in total. The molecule has 0 aliphatic rings. The Labute approximate surface area is 138 Å². The van der Waals surface area contributed by atoms with Crippen molar-refractivity contribution in [3.63, 3.8) is 0 Å². The van der Waals surface area contributed by atoms with Crippen molar-refractivity contribution in [3.05, 3.63) is 52.4 Å². The number of nitriles is 1. The maximum Gasteiger partial charge on any atom is 0.417 e. The molecule has 0 atom stereocenters. The van der Waals surface area contributed by atoms with Crippen LogP contribution in [-0.2, 0) is 15.7 Å². The monoisotopic (exact) mass is 354 g/mol. The van der Waals surface area contributed by atoms with Crippen LogP contribution in [-0.4, -0.2) is 18.5 Å². The Morgan fingerprint density at radius 3 is 2.62 bits per heavy atom. The van der Waals surface area contributed by atoms with Crippen molar-refractivity contribution < 1.29 is 27.5 Å². The summed E-state index contributed by atoms with van der Waals surface area (Å²) in [5.41, 5.74) is -1.57. The molecule has 1 amide bonds. The smallest absolute Gasteiger partial charge is 0.417 e. The molecule has 124 valence electrons. The summed E-state index contributed by atoms with van der Waals surface area (Å²) in [4.78, 5) is 23.5. The van der Waals surface area contributed by atoms with E-state index in [2.05, 4.69) is 10.1 Å². The van der Waals surface area contributed by atoms with Gasteiger partial charge in [0.2, 0.25) is 0 Å². The van der Waals surface area contributed by atoms with Crippen LogP contribution in [0.15, 0.2) is 35.7 Å². The average Bonchev–Trinajstić information content (AvgIpc) is 2.99. The van der Waals surface area contributed by atoms with Gasteiger partial charge >= 0.3 is 12.1 Å². The molecular formula is C15H9F3N2O3S. The van der Waals surface area contributed by atoms with Crippen molar-refractivity contribution in [2.45, 2.75) is 6.18 Å². The van der Waals surface area contributed by atoms with Gasteiger partial charge in [-0.25, -0.2) is 4.79 Å². The Morgan fingerprint density at radius 1 is 1.25 bits per heavy atom. The predicted molar refractivity (Wildman–Crippen MR) is 79.4 cm³/mol. The Kier molecular flexibility index (Phi) is 5.21. The number of esters is 1. The Bertz CT molecular complexity index is 809. The van der Waals surface area contributed by atoms with Crippen molar-refractivity contribution in [1.82, 2.24) is 0 Å². The van der Waals surface area contributed by atoms with Gasteiger partial charge in [0.1, 0.15) is 11.1 Å². The minimum absolute atomic E-state index is 0.238. The number of carbonyl (C=O) groups excluding carboxylic acids is 2. The summed E-state index contributed by atoms with van der Waals surface area (Å²) in [7, 11) is 0. The number of ether oxygens (including phenoxy) is 1. The maximum absolute atomic E-state index is 12.8. The topological polar surface area (TPSA) is 79.2 Å². The van der Waals surface area contributed by atoms with E-state index in [1.807, 2.05) is 6.07 Å². The van der Waals surface area contributed by atoms with Gasteiger partial charge in [-0.15, -0.1) is 11.3 Å². The standard InChI is InChI=1S/C15H9F3N2O3S/c16-15(17,18)11-4-2-1-3-10(11)14(22)23-8-12(21)20-13-9(7-19)5-6-24-13/h1-6H,8H2,(H,20,21). The van der Waals surface area contributed by atoms with Gasteiger partial charge in [-0.3, -0.25) is 4.79 Å². The second-order valence-electron chi connectivity index (χ2n) is 4.44. The fraction of sp³-hybridized carbons (Fsp3) is 0.133. The molecule has 24 heavy (non-hydrogen) atoms. The summed E-state index contributed by atoms with van der Waals surface area (Å²) >= 11 is 1.10. The van der Waals surface area contributed by atoms with Gasteiger partial charge in [0, 0.05) is 0 Å². The van der Waals surface area contributed by atoms with Crippen LogP contribution in [0.1, 0.15) is 21.5 Å². The summed E-state index contributed by atoms with van der Waals surface area (Å²) < 4.78 is 43.1. The van der Waals surface area contributed by atoms with Gasteiger partial charge < -0.3 is 10.1 Å². The summed E-state index contributed by atoms with van der Waals surface area (Å²) in [5.74, 6) is -2.02. The molecule has 0 saturated carbocycles. The van der Waals surface area contributed by atoms with E-state index in [1.54, 1.807) is 5.38 Å². The molecule has 0 bridgehead atoms. The third-order valence-electron chi connectivity index (χ3n) is 2.83. The fourth-order valence-corrected chi connectivity index (χ4v) is 2.53. The minimum Gasteiger partial charge on any atom is -0.452 e. The molecule has 0 fully saturated rings. The van der Waals surface area contributed by atoms with E-state index in [-0.39, 0.29) is 10.6 Å². The normalized spacial score (nSPS) is 10.8. The number of rotatable bonds is 4. The molecule has 2 rings (SSSR count). The largest absolute Gasteiger partial charge is 0.452 e. The second-order valence-corrected chi connectivity index (χ2v) is 5.36. The number of halogens is 3. The van der Waals surface area contributed by atoms with Gasteiger partial charge in [-0.05, 0) is 23.6 Å². The van der Waals surface area contributed by atoms with E-state index in [1.165, 1.54) is 12.1 Å². The molecule has 1 heterocycles. The maximum atomic E-state index is 12.8. The Morgan fingerprint density at radius 2 is 1.96 bits per heavy atom. The van der Waals surface area contributed by atoms with E-state index >= 15 is 0 Å². The molecule has 0 radical (unpaired) electrons. The SMILES string of the molecule is N#Cc1ccsc1NC(=O)COC(=O)c1ccccc1C(F)(F)F. The number of thiophene rings is 1. The molecule has 0 saturated heterocycles. The number of hydrogen-bond acceptors (Lipinski definition) is 5. The van der Waals surface area contributed by atoms with Crippen LogP contribution >= 0.6 is 11.3 Å². The molecular weight excluding hydrogens is 345 g/mol. The van der Waals surface area contributed by atoms with E-state index in [0.29, 0.717) is 0 Å². The van der Waals surface area contributed by atoms with Crippen LogP contribution in [0.4, 0.5) is 18.2 Å². The number of hydrogen-bond donors (Lipinski definition) is 1. The van der Waals surface area contributed by atoms with Gasteiger partial charge in [0.15, 0.2) is 6.61 Å². The van der Waals surface area contributed by atoms with E-state index in [0.717, 1.165) is 29.5 Å². The van der Waals surface area contributed by atoms with Crippen molar-refractivity contribution in [2.75, 3.05) is 11.9 Å². The van der Waals surface area contributed by atoms with Crippen molar-refractivity contribution in [2.24, 2.45) is 0 Å². The quantitative estimate of drug-likeness (QED) is 0.853. The first kappa shape index (κ1) is 17.5. The van der Waals surface area contributed by atoms with E-state index < -0.39 is 35.8 Å². The molecule has 1 aromatic heterocycles. The number of amides is 1. The first-order valence-electron chi connectivity index (χ1n) is 6.43. The molecule has 0 aliphatic carbocycles. The third kappa shape index (κ3) is 4.11. The first-order valence-corrected chi connectivity index (χ1v) is 7.31. The lowest BCUT2D eigenvalue weighted by Crippen LogP contribution is -2.22. The Balaban J connectivity index is 2.02.